The molecular weight excluding hydrogens is 1460 g/mol. The van der Waals surface area contributed by atoms with Gasteiger partial charge in [0.2, 0.25) is 23.6 Å². The number of phosphoric ester groups is 2. The van der Waals surface area contributed by atoms with Crippen molar-refractivity contribution in [2.24, 2.45) is 0 Å². The maximum absolute atomic E-state index is 14.9. The van der Waals surface area contributed by atoms with E-state index in [1.807, 2.05) is 0 Å². The van der Waals surface area contributed by atoms with Gasteiger partial charge in [-0.25, -0.2) is 33.7 Å². The van der Waals surface area contributed by atoms with Crippen molar-refractivity contribution in [1.29, 1.82) is 0 Å². The topological polar surface area (TPSA) is 570 Å². The quantitative estimate of drug-likeness (QED) is 0.0181. The number of carboxylic acids is 3. The SMILES string of the molecule is COc1ccc(C[C@H](NC(=O)[C@@H](CCCNC(C)=O)NC(=O)OC(C)(C)C)C(=O)NC2[C@@H](COP(=O)(O)O[C@@H]3C[C@H](n4ccc(N)nc4=O)O[C@@H]3COP(=O)(O)OCCCCCCNC(=O)CN3CCN(CC(=O)O)CCN(CC(=O)O)CCN(CC(=O)O)CC3)O[C@@H](n3cnc4c(N)ncnc43)[C@H]2O)cc1. The number of aromatic nitrogens is 6. The van der Waals surface area contributed by atoms with Crippen LogP contribution >= 0.6 is 15.6 Å². The summed E-state index contributed by atoms with van der Waals surface area (Å²) in [5.74, 6) is -5.47. The van der Waals surface area contributed by atoms with Crippen molar-refractivity contribution >= 4 is 86.1 Å². The molecule has 0 spiro atoms. The second kappa shape index (κ2) is 40.7. The first-order chi connectivity index (χ1) is 50.6. The average molecular weight is 1550 g/mol. The number of hydrogen-bond acceptors (Lipinski definition) is 30. The minimum atomic E-state index is -5.42. The molecule has 3 unspecified atom stereocenters. The van der Waals surface area contributed by atoms with Gasteiger partial charge in [0.1, 0.15) is 71.7 Å². The van der Waals surface area contributed by atoms with E-state index in [1.54, 1.807) is 64.6 Å². The lowest BCUT2D eigenvalue weighted by Crippen LogP contribution is -2.58. The zero-order valence-corrected chi connectivity index (χ0v) is 61.7. The van der Waals surface area contributed by atoms with Gasteiger partial charge in [0.25, 0.3) is 0 Å². The number of phosphoric acid groups is 2. The third kappa shape index (κ3) is 28.6. The first kappa shape index (κ1) is 85.8. The monoisotopic (exact) mass is 1550 g/mol. The fraction of sp³-hybridized carbons (Fsp3) is 0.635. The van der Waals surface area contributed by atoms with Gasteiger partial charge in [-0.1, -0.05) is 25.0 Å². The highest BCUT2D eigenvalue weighted by Gasteiger charge is 2.49. The Morgan fingerprint density at radius 1 is 0.692 bits per heavy atom. The van der Waals surface area contributed by atoms with Crippen molar-refractivity contribution in [2.75, 3.05) is 130 Å². The van der Waals surface area contributed by atoms with Crippen LogP contribution in [0.5, 0.6) is 5.75 Å². The van der Waals surface area contributed by atoms with Crippen LogP contribution < -0.4 is 48.5 Å². The number of carboxylic acid groups (broad SMARTS) is 3. The van der Waals surface area contributed by atoms with E-state index in [1.165, 1.54) is 37.2 Å². The van der Waals surface area contributed by atoms with Crippen molar-refractivity contribution < 1.29 is 115 Å². The minimum absolute atomic E-state index is 0.0444. The Kier molecular flexibility index (Phi) is 32.6. The number of anilines is 2. The van der Waals surface area contributed by atoms with Gasteiger partial charge >= 0.3 is 45.3 Å². The molecule has 42 nitrogen and oxygen atoms in total. The van der Waals surface area contributed by atoms with Crippen LogP contribution in [-0.2, 0) is 81.4 Å². The van der Waals surface area contributed by atoms with Crippen molar-refractivity contribution in [3.8, 4) is 5.75 Å². The van der Waals surface area contributed by atoms with Crippen LogP contribution in [0.1, 0.15) is 90.7 Å². The standard InChI is InChI=1S/C63H97N17O25P2/c1-39(81)66-18-10-11-42(72-62(93)104-63(2,3)4)58(90)71-43(29-40-12-14-41(98-5)15-13-40)59(91)74-53-46(103-60(55(53)89)80-38-70-54-56(65)68-37-69-57(54)80)36-101-107(96,97)105-44-30-49(79-19-16-47(64)73-61(79)92)102-45(44)35-100-106(94,95)99-28-9-7-6-8-17-67-48(82)31-75-20-22-76(32-50(83)84)24-26-78(34-52(87)88)27-25-77(23-21-75)33-51(85)86/h12-16,19,37-38,42-46,49,53,55,60,89H,6-11,17-18,20-36H2,1-5H3,(H,66,81)(H,67,82)(H,71,90)(H,72,93)(H,74,91)(H,83,84)(H,85,86)(H,87,88)(H,94,95)(H,96,97)(H2,64,73,92)(H2,65,68,69)/t42-,43+,44-,45-,46-,49-,53?,55+,60-/m1/s1. The van der Waals surface area contributed by atoms with E-state index < -0.39 is 137 Å². The minimum Gasteiger partial charge on any atom is -0.497 e. The second-order valence-electron chi connectivity index (χ2n) is 26.6. The summed E-state index contributed by atoms with van der Waals surface area (Å²) in [5.41, 5.74) is 10.6. The van der Waals surface area contributed by atoms with E-state index in [9.17, 15) is 82.5 Å². The first-order valence-electron chi connectivity index (χ1n) is 34.5. The second-order valence-corrected chi connectivity index (χ2v) is 29.4. The molecule has 1 aromatic carbocycles. The lowest BCUT2D eigenvalue weighted by atomic mass is 10.0. The molecule has 0 saturated carbocycles. The fourth-order valence-electron chi connectivity index (χ4n) is 11.8. The van der Waals surface area contributed by atoms with Crippen LogP contribution in [0.15, 0.2) is 54.0 Å². The van der Waals surface area contributed by atoms with Gasteiger partial charge in [0, 0.05) is 91.4 Å². The van der Waals surface area contributed by atoms with Gasteiger partial charge < -0.3 is 87.2 Å². The summed E-state index contributed by atoms with van der Waals surface area (Å²) in [6.45, 7) is 5.20. The zero-order valence-electron chi connectivity index (χ0n) is 60.0. The number of amides is 5. The summed E-state index contributed by atoms with van der Waals surface area (Å²) in [4.78, 5) is 161. The molecule has 3 saturated heterocycles. The highest BCUT2D eigenvalue weighted by molar-refractivity contribution is 7.47. The van der Waals surface area contributed by atoms with E-state index in [4.69, 9.17) is 48.5 Å². The van der Waals surface area contributed by atoms with Gasteiger partial charge in [-0.05, 0) is 70.2 Å². The van der Waals surface area contributed by atoms with Crippen LogP contribution in [0.2, 0.25) is 0 Å². The number of aliphatic hydroxyl groups is 1. The summed E-state index contributed by atoms with van der Waals surface area (Å²) in [7, 11) is -8.90. The molecule has 15 N–H and O–H groups in total. The van der Waals surface area contributed by atoms with Crippen LogP contribution in [0.3, 0.4) is 0 Å². The van der Waals surface area contributed by atoms with E-state index in [2.05, 4.69) is 46.5 Å². The molecule has 3 aromatic heterocycles. The molecule has 3 fully saturated rings. The molecule has 4 aromatic rings. The van der Waals surface area contributed by atoms with Crippen LogP contribution in [0.25, 0.3) is 11.2 Å². The Morgan fingerprint density at radius 2 is 1.28 bits per heavy atom. The molecule has 594 valence electrons. The third-order valence-corrected chi connectivity index (χ3v) is 19.1. The number of nitrogens with zero attached hydrogens (tertiary/aromatic N) is 10. The van der Waals surface area contributed by atoms with Gasteiger partial charge in [-0.15, -0.1) is 0 Å². The van der Waals surface area contributed by atoms with E-state index in [-0.39, 0.29) is 159 Å². The van der Waals surface area contributed by atoms with Crippen molar-refractivity contribution in [3.63, 3.8) is 0 Å². The molecule has 0 aliphatic carbocycles. The maximum atomic E-state index is 14.9. The third-order valence-electron chi connectivity index (χ3n) is 17.1. The zero-order chi connectivity index (χ0) is 78.2. The van der Waals surface area contributed by atoms with E-state index in [0.29, 0.717) is 30.6 Å². The molecule has 7 rings (SSSR count). The molecular formula is C63H97N17O25P2. The molecule has 6 heterocycles. The molecule has 44 heteroatoms. The smallest absolute Gasteiger partial charge is 0.472 e. The Balaban J connectivity index is 0.988. The number of benzene rings is 1. The molecule has 5 amide bonds. The number of aliphatic carboxylic acids is 3. The van der Waals surface area contributed by atoms with Crippen molar-refractivity contribution in [1.82, 2.24) is 75.3 Å². The largest absolute Gasteiger partial charge is 0.497 e. The number of nitrogens with one attached hydrogen (secondary N) is 5. The Bertz CT molecular complexity index is 3780. The first-order valence-corrected chi connectivity index (χ1v) is 37.5. The highest BCUT2D eigenvalue weighted by Crippen LogP contribution is 2.51. The highest BCUT2D eigenvalue weighted by atomic mass is 31.2. The van der Waals surface area contributed by atoms with Gasteiger partial charge in [0.05, 0.1) is 65.5 Å². The number of hydrogen-bond donors (Lipinski definition) is 13. The number of alkyl carbamates (subject to hydrolysis) is 1. The summed E-state index contributed by atoms with van der Waals surface area (Å²) < 4.78 is 74.8. The van der Waals surface area contributed by atoms with Crippen LogP contribution in [0, 0.1) is 0 Å². The summed E-state index contributed by atoms with van der Waals surface area (Å²) in [6.07, 6.45) is -5.45. The molecule has 107 heavy (non-hydrogen) atoms. The number of methoxy groups -OCH3 is 1. The van der Waals surface area contributed by atoms with Crippen LogP contribution in [-0.4, -0.2) is 293 Å². The number of unbranched alkanes of at least 4 members (excludes halogenated alkanes) is 3. The Labute approximate surface area is 614 Å². The maximum Gasteiger partial charge on any atom is 0.472 e. The predicted octanol–water partition coefficient (Wildman–Crippen LogP) is -1.39. The summed E-state index contributed by atoms with van der Waals surface area (Å²) in [6, 6.07) is 3.32. The normalized spacial score (nSPS) is 21.9. The van der Waals surface area contributed by atoms with Gasteiger partial charge in [-0.3, -0.25) is 80.4 Å². The van der Waals surface area contributed by atoms with Gasteiger partial charge in [-0.2, -0.15) is 4.98 Å². The Hall–Kier alpha value is -8.45. The molecule has 0 bridgehead atoms. The number of carbonyl (C=O) groups is 8. The summed E-state index contributed by atoms with van der Waals surface area (Å²) in [5, 5.41) is 54.2. The summed E-state index contributed by atoms with van der Waals surface area (Å²) >= 11 is 0. The molecule has 0 radical (unpaired) electrons. The number of fused-ring (bicyclic) bond motifs is 1. The van der Waals surface area contributed by atoms with Crippen LogP contribution in [0.4, 0.5) is 16.4 Å². The average Bonchev–Trinajstić information content (AvgIpc) is 1.62. The number of nitrogen functional groups attached to an aromatic ring is 2. The van der Waals surface area contributed by atoms with Gasteiger partial charge in [0.15, 0.2) is 17.7 Å². The molecule has 3 aliphatic heterocycles. The van der Waals surface area contributed by atoms with E-state index in [0.717, 1.165) is 10.9 Å². The fourth-order valence-corrected chi connectivity index (χ4v) is 13.5. The number of rotatable bonds is 38. The number of aliphatic hydroxyl groups excluding tert-OH is 1. The molecule has 3 aliphatic rings. The lowest BCUT2D eigenvalue weighted by Gasteiger charge is -2.32. The number of nitrogens with two attached hydrogens (primary N) is 2. The number of imidazole rings is 1. The lowest BCUT2D eigenvalue weighted by molar-refractivity contribution is -0.140. The Morgan fingerprint density at radius 3 is 1.87 bits per heavy atom. The van der Waals surface area contributed by atoms with Crippen molar-refractivity contribution in [3.05, 3.63) is 65.2 Å². The van der Waals surface area contributed by atoms with E-state index >= 15 is 0 Å². The predicted molar refractivity (Wildman–Crippen MR) is 375 cm³/mol. The number of carbonyl (C=O) groups excluding carboxylic acids is 5. The molecule has 11 atom stereocenters. The van der Waals surface area contributed by atoms with Crippen molar-refractivity contribution in [2.45, 2.75) is 140 Å². The number of ether oxygens (including phenoxy) is 4.